The minimum absolute atomic E-state index is 0. The van der Waals surface area contributed by atoms with E-state index in [0.717, 1.165) is 0 Å². The summed E-state index contributed by atoms with van der Waals surface area (Å²) in [4.78, 5) is 0. The van der Waals surface area contributed by atoms with Gasteiger partial charge in [0.15, 0.2) is 0 Å². The van der Waals surface area contributed by atoms with Crippen molar-refractivity contribution in [3.05, 3.63) is 0 Å². The molecule has 0 saturated heterocycles. The maximum absolute atomic E-state index is 10.3. The van der Waals surface area contributed by atoms with Crippen molar-refractivity contribution >= 4 is 18.3 Å². The second kappa shape index (κ2) is 4.85. The van der Waals surface area contributed by atoms with Gasteiger partial charge in [-0.25, -0.2) is 8.42 Å². The molecular formula is C5H14BO2S. The topological polar surface area (TPSA) is 34.1 Å². The quantitative estimate of drug-likeness (QED) is 0.514. The molecule has 0 atom stereocenters. The maximum Gasteiger partial charge on any atom is 0.149 e. The number of sulfone groups is 1. The zero-order chi connectivity index (χ0) is 6.08. The third kappa shape index (κ3) is 8.01. The van der Waals surface area contributed by atoms with Crippen molar-refractivity contribution in [3.8, 4) is 0 Å². The van der Waals surface area contributed by atoms with Crippen LogP contribution < -0.4 is 0 Å². The normalized spacial score (nSPS) is 9.78. The molecule has 0 amide bonds. The van der Waals surface area contributed by atoms with Crippen LogP contribution in [0, 0.1) is 0 Å². The van der Waals surface area contributed by atoms with Gasteiger partial charge < -0.3 is 0 Å². The molecule has 0 saturated carbocycles. The number of hydrogen-bond acceptors (Lipinski definition) is 2. The lowest BCUT2D eigenvalue weighted by atomic mass is 10.6. The van der Waals surface area contributed by atoms with Gasteiger partial charge in [-0.2, -0.15) is 0 Å². The summed E-state index contributed by atoms with van der Waals surface area (Å²) in [5.41, 5.74) is 0. The Kier molecular flexibility index (Phi) is 8.63. The van der Waals surface area contributed by atoms with Gasteiger partial charge >= 0.3 is 0 Å². The van der Waals surface area contributed by atoms with Crippen LogP contribution in [0.2, 0.25) is 0 Å². The first-order chi connectivity index (χ1) is 2.94. The minimum Gasteiger partial charge on any atom is -0.229 e. The van der Waals surface area contributed by atoms with Crippen molar-refractivity contribution in [2.45, 2.75) is 26.5 Å². The van der Waals surface area contributed by atoms with Crippen molar-refractivity contribution < 1.29 is 8.42 Å². The third-order valence-corrected chi connectivity index (χ3v) is 2.57. The Hall–Kier alpha value is 0.0149. The largest absolute Gasteiger partial charge is 0.229 e. The summed E-state index contributed by atoms with van der Waals surface area (Å²) in [6.07, 6.45) is 1.23. The summed E-state index contributed by atoms with van der Waals surface area (Å²) in [6, 6.07) is 0. The monoisotopic (exact) mass is 149 g/mol. The Bertz CT molecular complexity index is 137. The van der Waals surface area contributed by atoms with E-state index < -0.39 is 9.84 Å². The Labute approximate surface area is 60.2 Å². The predicted octanol–water partition coefficient (Wildman–Crippen LogP) is 0.695. The standard InChI is InChI=1S/C4H10O2S.CH4.B/c1-4(2)7(3,5)6;;/h4H,1-3H3;1H4;. The zero-order valence-electron chi connectivity index (χ0n) is 5.38. The SMILES string of the molecule is C.CC(C)S(C)(=O)=O.[B]. The van der Waals surface area contributed by atoms with Crippen LogP contribution in [0.5, 0.6) is 0 Å². The molecule has 2 nitrogen and oxygen atoms in total. The summed E-state index contributed by atoms with van der Waals surface area (Å²) in [7, 11) is -2.74. The molecule has 0 aliphatic carbocycles. The van der Waals surface area contributed by atoms with Gasteiger partial charge in [-0.3, -0.25) is 0 Å². The summed E-state index contributed by atoms with van der Waals surface area (Å²) >= 11 is 0. The molecule has 0 fully saturated rings. The molecule has 0 bridgehead atoms. The van der Waals surface area contributed by atoms with Gasteiger partial charge in [0, 0.05) is 14.7 Å². The van der Waals surface area contributed by atoms with Crippen molar-refractivity contribution in [1.82, 2.24) is 0 Å². The van der Waals surface area contributed by atoms with Gasteiger partial charge in [0.05, 0.1) is 5.25 Å². The second-order valence-electron chi connectivity index (χ2n) is 1.88. The Morgan fingerprint density at radius 3 is 1.33 bits per heavy atom. The molecule has 0 aliphatic heterocycles. The highest BCUT2D eigenvalue weighted by molar-refractivity contribution is 7.91. The fourth-order valence-corrected chi connectivity index (χ4v) is 0. The van der Waals surface area contributed by atoms with Crippen molar-refractivity contribution in [3.63, 3.8) is 0 Å². The molecule has 0 heterocycles. The molecule has 0 aromatic heterocycles. The van der Waals surface area contributed by atoms with Crippen LogP contribution in [-0.4, -0.2) is 28.3 Å². The minimum atomic E-state index is -2.74. The van der Waals surface area contributed by atoms with E-state index in [1.165, 1.54) is 6.26 Å². The molecule has 9 heavy (non-hydrogen) atoms. The third-order valence-electron chi connectivity index (χ3n) is 0.856. The molecule has 55 valence electrons. The van der Waals surface area contributed by atoms with Crippen molar-refractivity contribution in [1.29, 1.82) is 0 Å². The second-order valence-corrected chi connectivity index (χ2v) is 4.48. The van der Waals surface area contributed by atoms with Gasteiger partial charge in [0.2, 0.25) is 0 Å². The molecule has 0 rings (SSSR count). The van der Waals surface area contributed by atoms with Gasteiger partial charge in [-0.15, -0.1) is 0 Å². The summed E-state index contributed by atoms with van der Waals surface area (Å²) in [5.74, 6) is 0. The van der Waals surface area contributed by atoms with Crippen LogP contribution in [-0.2, 0) is 9.84 Å². The van der Waals surface area contributed by atoms with E-state index in [2.05, 4.69) is 0 Å². The molecule has 0 spiro atoms. The van der Waals surface area contributed by atoms with E-state index in [4.69, 9.17) is 0 Å². The number of hydrogen-bond donors (Lipinski definition) is 0. The summed E-state index contributed by atoms with van der Waals surface area (Å²) in [5, 5.41) is -0.229. The Balaban J connectivity index is -0.000000180. The molecular weight excluding hydrogens is 135 g/mol. The van der Waals surface area contributed by atoms with Crippen LogP contribution in [0.15, 0.2) is 0 Å². The molecule has 3 radical (unpaired) electrons. The summed E-state index contributed by atoms with van der Waals surface area (Å²) in [6.45, 7) is 3.32. The molecule has 0 N–H and O–H groups in total. The van der Waals surface area contributed by atoms with Crippen LogP contribution in [0.4, 0.5) is 0 Å². The van der Waals surface area contributed by atoms with E-state index >= 15 is 0 Å². The highest BCUT2D eigenvalue weighted by Gasteiger charge is 2.05. The van der Waals surface area contributed by atoms with E-state index in [0.29, 0.717) is 0 Å². The molecule has 0 aromatic carbocycles. The van der Waals surface area contributed by atoms with Gasteiger partial charge in [-0.05, 0) is 13.8 Å². The van der Waals surface area contributed by atoms with Crippen molar-refractivity contribution in [2.24, 2.45) is 0 Å². The van der Waals surface area contributed by atoms with Crippen LogP contribution >= 0.6 is 0 Å². The first-order valence-electron chi connectivity index (χ1n) is 2.13. The zero-order valence-corrected chi connectivity index (χ0v) is 6.20. The fraction of sp³-hybridized carbons (Fsp3) is 1.00. The lowest BCUT2D eigenvalue weighted by molar-refractivity contribution is 0.593. The van der Waals surface area contributed by atoms with E-state index in [9.17, 15) is 8.42 Å². The Morgan fingerprint density at radius 1 is 1.22 bits per heavy atom. The predicted molar refractivity (Wildman–Crippen MR) is 42.5 cm³/mol. The average Bonchev–Trinajstić information content (AvgIpc) is 1.31. The highest BCUT2D eigenvalue weighted by atomic mass is 32.2. The van der Waals surface area contributed by atoms with Crippen LogP contribution in [0.3, 0.4) is 0 Å². The van der Waals surface area contributed by atoms with E-state index in [-0.39, 0.29) is 21.1 Å². The lowest BCUT2D eigenvalue weighted by Crippen LogP contribution is -2.10. The van der Waals surface area contributed by atoms with Gasteiger partial charge in [0.25, 0.3) is 0 Å². The molecule has 0 aromatic rings. The first kappa shape index (κ1) is 16.0. The molecule has 0 unspecified atom stereocenters. The van der Waals surface area contributed by atoms with Gasteiger partial charge in [0.1, 0.15) is 9.84 Å². The summed E-state index contributed by atoms with van der Waals surface area (Å²) < 4.78 is 20.7. The van der Waals surface area contributed by atoms with Gasteiger partial charge in [-0.1, -0.05) is 7.43 Å². The number of rotatable bonds is 1. The van der Waals surface area contributed by atoms with E-state index in [1.54, 1.807) is 13.8 Å². The van der Waals surface area contributed by atoms with Crippen molar-refractivity contribution in [2.75, 3.05) is 6.26 Å². The average molecular weight is 149 g/mol. The lowest BCUT2D eigenvalue weighted by Gasteiger charge is -1.96. The van der Waals surface area contributed by atoms with Crippen LogP contribution in [0.1, 0.15) is 21.3 Å². The highest BCUT2D eigenvalue weighted by Crippen LogP contribution is 1.92. The fourth-order valence-electron chi connectivity index (χ4n) is 0. The maximum atomic E-state index is 10.3. The first-order valence-corrected chi connectivity index (χ1v) is 4.09. The van der Waals surface area contributed by atoms with E-state index in [1.807, 2.05) is 0 Å². The van der Waals surface area contributed by atoms with Crippen LogP contribution in [0.25, 0.3) is 0 Å². The smallest absolute Gasteiger partial charge is 0.149 e. The molecule has 0 aliphatic rings. The Morgan fingerprint density at radius 2 is 1.33 bits per heavy atom. The molecule has 4 heteroatoms.